The molecule has 2 N–H and O–H groups in total. The molecule has 2 amide bonds. The lowest BCUT2D eigenvalue weighted by Crippen LogP contribution is -2.48. The third-order valence-electron chi connectivity index (χ3n) is 5.17. The van der Waals surface area contributed by atoms with Crippen LogP contribution in [0, 0.1) is 0 Å². The number of nitrogens with zero attached hydrogens (tertiary/aromatic N) is 2. The van der Waals surface area contributed by atoms with Gasteiger partial charge in [-0.1, -0.05) is 6.07 Å². The van der Waals surface area contributed by atoms with Gasteiger partial charge < -0.3 is 20.3 Å². The van der Waals surface area contributed by atoms with Crippen LogP contribution in [0.5, 0.6) is 0 Å². The van der Waals surface area contributed by atoms with Crippen LogP contribution in [0.2, 0.25) is 0 Å². The second-order valence-electron chi connectivity index (χ2n) is 7.21. The summed E-state index contributed by atoms with van der Waals surface area (Å²) in [5, 5.41) is 5.60. The number of nitrogens with one attached hydrogen (secondary N) is 2. The minimum Gasteiger partial charge on any atom is -0.381 e. The van der Waals surface area contributed by atoms with Crippen molar-refractivity contribution in [1.29, 1.82) is 0 Å². The number of amides is 2. The number of likely N-dealkylation sites (N-methyl/N-ethyl adjacent to an activating group) is 1. The highest BCUT2D eigenvalue weighted by Crippen LogP contribution is 2.23. The topological polar surface area (TPSA) is 91.0 Å². The average molecular weight is 397 g/mol. The van der Waals surface area contributed by atoms with Crippen molar-refractivity contribution in [2.75, 3.05) is 45.7 Å². The summed E-state index contributed by atoms with van der Waals surface area (Å²) in [6.07, 6.45) is 2.60. The molecule has 150 valence electrons. The number of hydrogen-bond acceptors (Lipinski definition) is 5. The first-order chi connectivity index (χ1) is 12.9. The van der Waals surface area contributed by atoms with E-state index in [0.29, 0.717) is 25.3 Å². The van der Waals surface area contributed by atoms with Gasteiger partial charge in [0.05, 0.1) is 11.0 Å². The number of anilines is 1. The van der Waals surface area contributed by atoms with E-state index < -0.39 is 10.0 Å². The Morgan fingerprint density at radius 2 is 1.96 bits per heavy atom. The Hall–Kier alpha value is -1.68. The Morgan fingerprint density at radius 3 is 2.70 bits per heavy atom. The van der Waals surface area contributed by atoms with Crippen molar-refractivity contribution in [3.05, 3.63) is 24.3 Å². The zero-order valence-corrected chi connectivity index (χ0v) is 16.7. The van der Waals surface area contributed by atoms with Gasteiger partial charge in [0.15, 0.2) is 0 Å². The molecule has 1 aliphatic heterocycles. The summed E-state index contributed by atoms with van der Waals surface area (Å²) in [6.45, 7) is 2.58. The van der Waals surface area contributed by atoms with Crippen molar-refractivity contribution < 1.29 is 17.9 Å². The third kappa shape index (κ3) is 4.98. The standard InChI is InChI=1S/C18H28N4O4S/c1-21-7-4-8-22(10-9-21)27(24,25)17-6-3-5-14(13-17)19-18(23)20-15-11-16(12-15)26-2/h3,5-6,13,15-16H,4,7-12H2,1-2H3,(H2,19,20,23). The lowest BCUT2D eigenvalue weighted by atomic mass is 9.89. The number of hydrogen-bond donors (Lipinski definition) is 2. The molecular formula is C18H28N4O4S. The highest BCUT2D eigenvalue weighted by molar-refractivity contribution is 7.89. The van der Waals surface area contributed by atoms with Crippen LogP contribution in [0.4, 0.5) is 10.5 Å². The summed E-state index contributed by atoms with van der Waals surface area (Å²) < 4.78 is 32.6. The van der Waals surface area contributed by atoms with Crippen molar-refractivity contribution in [2.24, 2.45) is 0 Å². The number of rotatable bonds is 5. The molecule has 0 aromatic heterocycles. The average Bonchev–Trinajstić information content (AvgIpc) is 2.83. The van der Waals surface area contributed by atoms with Crippen LogP contribution in [-0.4, -0.2) is 76.1 Å². The molecule has 2 aliphatic rings. The van der Waals surface area contributed by atoms with Crippen molar-refractivity contribution in [3.8, 4) is 0 Å². The van der Waals surface area contributed by atoms with Gasteiger partial charge in [0, 0.05) is 38.5 Å². The van der Waals surface area contributed by atoms with E-state index in [1.807, 2.05) is 7.05 Å². The summed E-state index contributed by atoms with van der Waals surface area (Å²) in [4.78, 5) is 14.5. The zero-order valence-electron chi connectivity index (χ0n) is 15.8. The van der Waals surface area contributed by atoms with Crippen LogP contribution in [0.3, 0.4) is 0 Å². The highest BCUT2D eigenvalue weighted by Gasteiger charge is 2.30. The van der Waals surface area contributed by atoms with Crippen LogP contribution >= 0.6 is 0 Å². The molecular weight excluding hydrogens is 368 g/mol. The predicted molar refractivity (Wildman–Crippen MR) is 103 cm³/mol. The second kappa shape index (κ2) is 8.55. The molecule has 3 rings (SSSR count). The van der Waals surface area contributed by atoms with E-state index in [1.165, 1.54) is 10.4 Å². The molecule has 9 heteroatoms. The first-order valence-electron chi connectivity index (χ1n) is 9.27. The molecule has 1 saturated carbocycles. The monoisotopic (exact) mass is 396 g/mol. The van der Waals surface area contributed by atoms with Crippen LogP contribution < -0.4 is 10.6 Å². The maximum Gasteiger partial charge on any atom is 0.319 e. The first kappa shape index (κ1) is 20.1. The van der Waals surface area contributed by atoms with Crippen molar-refractivity contribution in [2.45, 2.75) is 36.3 Å². The van der Waals surface area contributed by atoms with Gasteiger partial charge in [-0.3, -0.25) is 0 Å². The third-order valence-corrected chi connectivity index (χ3v) is 7.07. The number of carbonyl (C=O) groups excluding carboxylic acids is 1. The fraction of sp³-hybridized carbons (Fsp3) is 0.611. The van der Waals surface area contributed by atoms with Crippen molar-refractivity contribution in [3.63, 3.8) is 0 Å². The van der Waals surface area contributed by atoms with E-state index in [-0.39, 0.29) is 23.1 Å². The molecule has 1 aliphatic carbocycles. The van der Waals surface area contributed by atoms with Gasteiger partial charge >= 0.3 is 6.03 Å². The van der Waals surface area contributed by atoms with E-state index in [1.54, 1.807) is 25.3 Å². The molecule has 1 heterocycles. The van der Waals surface area contributed by atoms with Crippen molar-refractivity contribution in [1.82, 2.24) is 14.5 Å². The molecule has 0 spiro atoms. The Labute approximate surface area is 160 Å². The summed E-state index contributed by atoms with van der Waals surface area (Å²) in [6, 6.07) is 6.19. The Bertz CT molecular complexity index is 764. The van der Waals surface area contributed by atoms with Gasteiger partial charge in [0.1, 0.15) is 0 Å². The van der Waals surface area contributed by atoms with E-state index in [2.05, 4.69) is 15.5 Å². The van der Waals surface area contributed by atoms with E-state index >= 15 is 0 Å². The summed E-state index contributed by atoms with van der Waals surface area (Å²) in [5.41, 5.74) is 0.461. The quantitative estimate of drug-likeness (QED) is 0.783. The maximum atomic E-state index is 13.0. The number of carbonyl (C=O) groups is 1. The minimum absolute atomic E-state index is 0.0935. The molecule has 0 bridgehead atoms. The predicted octanol–water partition coefficient (Wildman–Crippen LogP) is 1.31. The van der Waals surface area contributed by atoms with E-state index in [9.17, 15) is 13.2 Å². The van der Waals surface area contributed by atoms with Gasteiger partial charge in [-0.25, -0.2) is 13.2 Å². The number of ether oxygens (including phenoxy) is 1. The van der Waals surface area contributed by atoms with Crippen LogP contribution in [0.1, 0.15) is 19.3 Å². The SMILES string of the molecule is COC1CC(NC(=O)Nc2cccc(S(=O)(=O)N3CCCN(C)CC3)c2)C1. The number of urea groups is 1. The van der Waals surface area contributed by atoms with Gasteiger partial charge in [0.25, 0.3) is 0 Å². The molecule has 0 radical (unpaired) electrons. The summed E-state index contributed by atoms with van der Waals surface area (Å²) in [7, 11) is 0.0823. The number of sulfonamides is 1. The lowest BCUT2D eigenvalue weighted by Gasteiger charge is -2.34. The molecule has 0 unspecified atom stereocenters. The maximum absolute atomic E-state index is 13.0. The van der Waals surface area contributed by atoms with Gasteiger partial charge in [0.2, 0.25) is 10.0 Å². The molecule has 2 fully saturated rings. The molecule has 1 aromatic rings. The number of methoxy groups -OCH3 is 1. The van der Waals surface area contributed by atoms with E-state index in [0.717, 1.165) is 25.8 Å². The fourth-order valence-electron chi connectivity index (χ4n) is 3.38. The smallest absolute Gasteiger partial charge is 0.319 e. The normalized spacial score (nSPS) is 24.7. The Morgan fingerprint density at radius 1 is 1.19 bits per heavy atom. The first-order valence-corrected chi connectivity index (χ1v) is 10.7. The largest absolute Gasteiger partial charge is 0.381 e. The Kier molecular flexibility index (Phi) is 6.36. The summed E-state index contributed by atoms with van der Waals surface area (Å²) in [5.74, 6) is 0. The highest BCUT2D eigenvalue weighted by atomic mass is 32.2. The van der Waals surface area contributed by atoms with Crippen molar-refractivity contribution >= 4 is 21.7 Å². The molecule has 8 nitrogen and oxygen atoms in total. The second-order valence-corrected chi connectivity index (χ2v) is 9.15. The number of benzene rings is 1. The summed E-state index contributed by atoms with van der Waals surface area (Å²) >= 11 is 0. The van der Waals surface area contributed by atoms with Gasteiger partial charge in [-0.05, 0) is 51.1 Å². The molecule has 0 atom stereocenters. The van der Waals surface area contributed by atoms with Crippen LogP contribution in [0.25, 0.3) is 0 Å². The minimum atomic E-state index is -3.58. The van der Waals surface area contributed by atoms with Gasteiger partial charge in [-0.2, -0.15) is 4.31 Å². The molecule has 1 aromatic carbocycles. The Balaban J connectivity index is 1.63. The molecule has 1 saturated heterocycles. The van der Waals surface area contributed by atoms with E-state index in [4.69, 9.17) is 4.74 Å². The zero-order chi connectivity index (χ0) is 19.4. The van der Waals surface area contributed by atoms with Gasteiger partial charge in [-0.15, -0.1) is 0 Å². The lowest BCUT2D eigenvalue weighted by molar-refractivity contribution is 0.0210. The van der Waals surface area contributed by atoms with Crippen LogP contribution in [0.15, 0.2) is 29.2 Å². The fourth-order valence-corrected chi connectivity index (χ4v) is 4.89. The molecule has 27 heavy (non-hydrogen) atoms. The van der Waals surface area contributed by atoms with Crippen LogP contribution in [-0.2, 0) is 14.8 Å².